The molecule has 0 spiro atoms. The average molecular weight is 432 g/mol. The first-order chi connectivity index (χ1) is 14.4. The zero-order valence-electron chi connectivity index (χ0n) is 17.3. The maximum atomic E-state index is 12.3. The topological polar surface area (TPSA) is 90.7 Å². The molecule has 3 rings (SSSR count). The van der Waals surface area contributed by atoms with Crippen LogP contribution >= 0.6 is 11.3 Å². The first-order valence-electron chi connectivity index (χ1n) is 9.70. The Kier molecular flexibility index (Phi) is 7.04. The number of ether oxygens (including phenoxy) is 2. The molecule has 0 bridgehead atoms. The van der Waals surface area contributed by atoms with Crippen molar-refractivity contribution in [3.05, 3.63) is 40.7 Å². The van der Waals surface area contributed by atoms with Gasteiger partial charge in [-0.3, -0.25) is 14.2 Å². The second-order valence-corrected chi connectivity index (χ2v) is 7.97. The van der Waals surface area contributed by atoms with Gasteiger partial charge in [0.05, 0.1) is 13.0 Å². The van der Waals surface area contributed by atoms with E-state index in [4.69, 9.17) is 9.47 Å². The standard InChI is InChI=1S/C21H25N3O5S/c1-14-12-17(15(2)24(14)21-22-8-11-30-21)4-5-19(26)29-13-18(25)23-9-6-16(7-10-23)20(27)28-3/h4-5,8,11-12,16H,6-7,9-10,13H2,1-3H3/b5-4+. The Labute approximate surface area is 179 Å². The first kappa shape index (κ1) is 21.8. The van der Waals surface area contributed by atoms with Gasteiger partial charge in [0.15, 0.2) is 11.7 Å². The van der Waals surface area contributed by atoms with Gasteiger partial charge in [-0.2, -0.15) is 0 Å². The molecule has 0 saturated carbocycles. The predicted molar refractivity (Wildman–Crippen MR) is 112 cm³/mol. The minimum atomic E-state index is -0.577. The molecule has 2 aromatic heterocycles. The number of carbonyl (C=O) groups is 3. The van der Waals surface area contributed by atoms with Crippen LogP contribution in [0.5, 0.6) is 0 Å². The van der Waals surface area contributed by atoms with Crippen LogP contribution in [0.1, 0.15) is 29.8 Å². The Hall–Kier alpha value is -2.94. The number of hydrogen-bond acceptors (Lipinski definition) is 7. The number of nitrogens with zero attached hydrogens (tertiary/aromatic N) is 3. The molecule has 160 valence electrons. The lowest BCUT2D eigenvalue weighted by Gasteiger charge is -2.30. The van der Waals surface area contributed by atoms with E-state index in [1.165, 1.54) is 24.5 Å². The molecule has 0 radical (unpaired) electrons. The number of rotatable bonds is 6. The molecule has 0 aliphatic carbocycles. The summed E-state index contributed by atoms with van der Waals surface area (Å²) in [6.07, 6.45) is 5.87. The summed E-state index contributed by atoms with van der Waals surface area (Å²) in [6, 6.07) is 1.97. The summed E-state index contributed by atoms with van der Waals surface area (Å²) in [6.45, 7) is 4.53. The van der Waals surface area contributed by atoms with Crippen LogP contribution in [0.2, 0.25) is 0 Å². The van der Waals surface area contributed by atoms with E-state index in [2.05, 4.69) is 4.98 Å². The highest BCUT2D eigenvalue weighted by atomic mass is 32.1. The number of aromatic nitrogens is 2. The van der Waals surface area contributed by atoms with E-state index < -0.39 is 5.97 Å². The van der Waals surface area contributed by atoms with E-state index in [0.29, 0.717) is 25.9 Å². The van der Waals surface area contributed by atoms with Gasteiger partial charge < -0.3 is 14.4 Å². The summed E-state index contributed by atoms with van der Waals surface area (Å²) < 4.78 is 11.9. The van der Waals surface area contributed by atoms with E-state index in [-0.39, 0.29) is 24.4 Å². The second kappa shape index (κ2) is 9.71. The van der Waals surface area contributed by atoms with Crippen molar-refractivity contribution < 1.29 is 23.9 Å². The van der Waals surface area contributed by atoms with Crippen molar-refractivity contribution >= 4 is 35.3 Å². The Morgan fingerprint density at radius 2 is 2.00 bits per heavy atom. The van der Waals surface area contributed by atoms with Crippen LogP contribution in [-0.4, -0.2) is 59.1 Å². The third kappa shape index (κ3) is 4.96. The second-order valence-electron chi connectivity index (χ2n) is 7.10. The molecule has 0 N–H and O–H groups in total. The van der Waals surface area contributed by atoms with Crippen LogP contribution in [0.15, 0.2) is 23.7 Å². The zero-order chi connectivity index (χ0) is 21.7. The van der Waals surface area contributed by atoms with E-state index in [0.717, 1.165) is 22.1 Å². The van der Waals surface area contributed by atoms with E-state index >= 15 is 0 Å². The largest absolute Gasteiger partial charge is 0.469 e. The molecule has 9 heteroatoms. The number of hydrogen-bond donors (Lipinski definition) is 0. The number of esters is 2. The van der Waals surface area contributed by atoms with Crippen LogP contribution in [0.3, 0.4) is 0 Å². The van der Waals surface area contributed by atoms with Crippen molar-refractivity contribution in [1.29, 1.82) is 0 Å². The maximum absolute atomic E-state index is 12.3. The number of carbonyl (C=O) groups excluding carboxylic acids is 3. The van der Waals surface area contributed by atoms with Gasteiger partial charge >= 0.3 is 11.9 Å². The summed E-state index contributed by atoms with van der Waals surface area (Å²) in [7, 11) is 1.36. The zero-order valence-corrected chi connectivity index (χ0v) is 18.1. The Bertz CT molecular complexity index is 940. The van der Waals surface area contributed by atoms with Gasteiger partial charge in [0, 0.05) is 42.1 Å². The SMILES string of the molecule is COC(=O)C1CCN(C(=O)COC(=O)/C=C/c2cc(C)n(-c3nccs3)c2C)CC1. The monoisotopic (exact) mass is 431 g/mol. The Morgan fingerprint density at radius 3 is 2.63 bits per heavy atom. The number of thiazole rings is 1. The van der Waals surface area contributed by atoms with Crippen molar-refractivity contribution in [1.82, 2.24) is 14.5 Å². The summed E-state index contributed by atoms with van der Waals surface area (Å²) >= 11 is 1.54. The fourth-order valence-corrected chi connectivity index (χ4v) is 4.29. The maximum Gasteiger partial charge on any atom is 0.331 e. The number of amides is 1. The minimum Gasteiger partial charge on any atom is -0.469 e. The molecule has 1 fully saturated rings. The molecule has 1 aliphatic heterocycles. The number of piperidine rings is 1. The van der Waals surface area contributed by atoms with Crippen molar-refractivity contribution in [2.75, 3.05) is 26.8 Å². The fraction of sp³-hybridized carbons (Fsp3) is 0.429. The molecule has 0 unspecified atom stereocenters. The summed E-state index contributed by atoms with van der Waals surface area (Å²) in [4.78, 5) is 41.8. The smallest absolute Gasteiger partial charge is 0.331 e. The van der Waals surface area contributed by atoms with Gasteiger partial charge in [-0.25, -0.2) is 9.78 Å². The quantitative estimate of drug-likeness (QED) is 0.516. The highest BCUT2D eigenvalue weighted by molar-refractivity contribution is 7.12. The lowest BCUT2D eigenvalue weighted by Crippen LogP contribution is -2.42. The van der Waals surface area contributed by atoms with Gasteiger partial charge in [0.25, 0.3) is 5.91 Å². The third-order valence-electron chi connectivity index (χ3n) is 5.20. The molecular weight excluding hydrogens is 406 g/mol. The van der Waals surface area contributed by atoms with Gasteiger partial charge in [0.2, 0.25) is 0 Å². The molecule has 8 nitrogen and oxygen atoms in total. The van der Waals surface area contributed by atoms with Crippen LogP contribution in [0.4, 0.5) is 0 Å². The average Bonchev–Trinajstić information content (AvgIpc) is 3.37. The van der Waals surface area contributed by atoms with Crippen molar-refractivity contribution in [3.8, 4) is 5.13 Å². The van der Waals surface area contributed by atoms with E-state index in [1.807, 2.05) is 29.9 Å². The molecule has 1 aliphatic rings. The molecule has 1 saturated heterocycles. The summed E-state index contributed by atoms with van der Waals surface area (Å²) in [5.41, 5.74) is 2.87. The number of methoxy groups -OCH3 is 1. The molecule has 2 aromatic rings. The Morgan fingerprint density at radius 1 is 1.27 bits per heavy atom. The minimum absolute atomic E-state index is 0.173. The van der Waals surface area contributed by atoms with E-state index in [9.17, 15) is 14.4 Å². The molecule has 1 amide bonds. The lowest BCUT2D eigenvalue weighted by molar-refractivity contribution is -0.151. The van der Waals surface area contributed by atoms with Gasteiger partial charge in [-0.15, -0.1) is 11.3 Å². The first-order valence-corrected chi connectivity index (χ1v) is 10.6. The van der Waals surface area contributed by atoms with Gasteiger partial charge in [0.1, 0.15) is 0 Å². The molecule has 0 atom stereocenters. The van der Waals surface area contributed by atoms with Gasteiger partial charge in [-0.1, -0.05) is 0 Å². The normalized spacial score (nSPS) is 14.8. The summed E-state index contributed by atoms with van der Waals surface area (Å²) in [5.74, 6) is -1.25. The van der Waals surface area contributed by atoms with Crippen molar-refractivity contribution in [2.24, 2.45) is 5.92 Å². The van der Waals surface area contributed by atoms with Gasteiger partial charge in [-0.05, 0) is 44.4 Å². The third-order valence-corrected chi connectivity index (χ3v) is 5.96. The highest BCUT2D eigenvalue weighted by Crippen LogP contribution is 2.23. The lowest BCUT2D eigenvalue weighted by atomic mass is 9.97. The number of likely N-dealkylation sites (tertiary alicyclic amines) is 1. The predicted octanol–water partition coefficient (Wildman–Crippen LogP) is 2.52. The molecule has 30 heavy (non-hydrogen) atoms. The van der Waals surface area contributed by atoms with Crippen LogP contribution in [0, 0.1) is 19.8 Å². The molecule has 3 heterocycles. The van der Waals surface area contributed by atoms with Crippen molar-refractivity contribution in [3.63, 3.8) is 0 Å². The fourth-order valence-electron chi connectivity index (χ4n) is 3.54. The van der Waals surface area contributed by atoms with Crippen LogP contribution < -0.4 is 0 Å². The molecule has 0 aromatic carbocycles. The summed E-state index contributed by atoms with van der Waals surface area (Å²) in [5, 5.41) is 2.78. The Balaban J connectivity index is 1.51. The van der Waals surface area contributed by atoms with Crippen LogP contribution in [-0.2, 0) is 23.9 Å². The highest BCUT2D eigenvalue weighted by Gasteiger charge is 2.28. The van der Waals surface area contributed by atoms with E-state index in [1.54, 1.807) is 17.2 Å². The molecular formula is C21H25N3O5S. The number of aryl methyl sites for hydroxylation is 1. The van der Waals surface area contributed by atoms with Crippen molar-refractivity contribution in [2.45, 2.75) is 26.7 Å². The van der Waals surface area contributed by atoms with Crippen LogP contribution in [0.25, 0.3) is 11.2 Å².